The van der Waals surface area contributed by atoms with Crippen molar-refractivity contribution in [2.45, 2.75) is 44.1 Å². The molecule has 1 saturated heterocycles. The fourth-order valence-electron chi connectivity index (χ4n) is 4.57. The molecule has 2 amide bonds. The smallest absolute Gasteiger partial charge is 0.326 e. The monoisotopic (exact) mass is 499 g/mol. The van der Waals surface area contributed by atoms with E-state index in [0.717, 1.165) is 50.2 Å². The molecule has 8 nitrogen and oxygen atoms in total. The molecule has 4 rings (SSSR count). The second-order valence-electron chi connectivity index (χ2n) is 8.18. The van der Waals surface area contributed by atoms with Crippen LogP contribution in [0, 0.1) is 10.6 Å². The Hall–Kier alpha value is -3.06. The number of nitrogens with one attached hydrogen (secondary N) is 3. The Morgan fingerprint density at radius 3 is 2.56 bits per heavy atom. The Bertz CT molecular complexity index is 1260. The zero-order chi connectivity index (χ0) is 24.8. The third-order valence-corrected chi connectivity index (χ3v) is 6.60. The third-order valence-electron chi connectivity index (χ3n) is 6.28. The lowest BCUT2D eigenvalue weighted by Crippen LogP contribution is -2.61. The minimum absolute atomic E-state index is 0.0571. The highest BCUT2D eigenvalue weighted by Gasteiger charge is 2.68. The number of hydrogen-bond donors (Lipinski definition) is 3. The van der Waals surface area contributed by atoms with Crippen LogP contribution in [0.1, 0.15) is 35.7 Å². The minimum atomic E-state index is -5.38. The maximum Gasteiger partial charge on any atom is 0.425 e. The van der Waals surface area contributed by atoms with Crippen molar-refractivity contribution in [3.8, 4) is 0 Å². The molecular formula is C21H21F4N5O3S. The van der Waals surface area contributed by atoms with Crippen LogP contribution < -0.4 is 16.2 Å². The number of nitrogens with zero attached hydrogens (tertiary/aromatic N) is 2. The number of hydrogen-bond acceptors (Lipinski definition) is 5. The van der Waals surface area contributed by atoms with Crippen LogP contribution in [0.25, 0.3) is 0 Å². The largest absolute Gasteiger partial charge is 0.425 e. The lowest BCUT2D eigenvalue weighted by molar-refractivity contribution is -0.196. The molecule has 2 aromatic rings. The number of rotatable bonds is 5. The molecule has 3 heterocycles. The number of aromatic amines is 1. The third kappa shape index (κ3) is 3.82. The maximum atomic E-state index is 14.5. The van der Waals surface area contributed by atoms with Crippen molar-refractivity contribution in [1.82, 2.24) is 19.8 Å². The number of amides is 2. The van der Waals surface area contributed by atoms with Gasteiger partial charge in [0.05, 0.1) is 0 Å². The van der Waals surface area contributed by atoms with Crippen LogP contribution in [0.4, 0.5) is 23.4 Å². The average Bonchev–Trinajstić information content (AvgIpc) is 3.33. The highest BCUT2D eigenvalue weighted by molar-refractivity contribution is 7.71. The van der Waals surface area contributed by atoms with Crippen molar-refractivity contribution in [3.05, 3.63) is 56.3 Å². The van der Waals surface area contributed by atoms with Gasteiger partial charge in [-0.2, -0.15) is 13.2 Å². The highest BCUT2D eigenvalue weighted by Crippen LogP contribution is 2.45. The summed E-state index contributed by atoms with van der Waals surface area (Å²) >= 11 is 5.21. The quantitative estimate of drug-likeness (QED) is 0.434. The van der Waals surface area contributed by atoms with Gasteiger partial charge in [0.15, 0.2) is 4.77 Å². The normalized spacial score (nSPS) is 22.5. The van der Waals surface area contributed by atoms with Crippen molar-refractivity contribution in [2.24, 2.45) is 0 Å². The van der Waals surface area contributed by atoms with E-state index >= 15 is 0 Å². The fraction of sp³-hybridized carbons (Fsp3) is 0.429. The number of H-pyrrole nitrogens is 1. The van der Waals surface area contributed by atoms with E-state index in [9.17, 15) is 31.9 Å². The second kappa shape index (κ2) is 8.62. The van der Waals surface area contributed by atoms with E-state index in [1.54, 1.807) is 5.32 Å². The molecule has 0 spiro atoms. The van der Waals surface area contributed by atoms with Gasteiger partial charge in [-0.25, -0.2) is 4.39 Å². The fourth-order valence-corrected chi connectivity index (χ4v) is 4.83. The van der Waals surface area contributed by atoms with Gasteiger partial charge in [-0.3, -0.25) is 24.3 Å². The number of fused-ring (bicyclic) bond motifs is 1. The summed E-state index contributed by atoms with van der Waals surface area (Å²) in [4.78, 5) is 42.7. The molecule has 0 saturated carbocycles. The molecule has 2 aliphatic rings. The first-order valence-corrected chi connectivity index (χ1v) is 11.0. The first-order chi connectivity index (χ1) is 16.0. The van der Waals surface area contributed by atoms with Gasteiger partial charge in [0.1, 0.15) is 17.2 Å². The van der Waals surface area contributed by atoms with Crippen molar-refractivity contribution >= 4 is 29.9 Å². The van der Waals surface area contributed by atoms with E-state index in [0.29, 0.717) is 0 Å². The average molecular weight is 499 g/mol. The molecule has 3 N–H and O–H groups in total. The minimum Gasteiger partial charge on any atom is -0.326 e. The van der Waals surface area contributed by atoms with Crippen molar-refractivity contribution in [3.63, 3.8) is 0 Å². The summed E-state index contributed by atoms with van der Waals surface area (Å²) in [5.74, 6) is -4.04. The van der Waals surface area contributed by atoms with Gasteiger partial charge in [0.2, 0.25) is 0 Å². The summed E-state index contributed by atoms with van der Waals surface area (Å²) in [6, 6.07) is 3.67. The molecule has 2 unspecified atom stereocenters. The molecule has 0 radical (unpaired) electrons. The molecule has 2 atom stereocenters. The molecule has 1 aromatic carbocycles. The Labute approximate surface area is 196 Å². The van der Waals surface area contributed by atoms with Crippen molar-refractivity contribution in [1.29, 1.82) is 0 Å². The van der Waals surface area contributed by atoms with Crippen LogP contribution in [-0.4, -0.2) is 51.6 Å². The van der Waals surface area contributed by atoms with Gasteiger partial charge in [0.25, 0.3) is 22.9 Å². The predicted molar refractivity (Wildman–Crippen MR) is 116 cm³/mol. The van der Waals surface area contributed by atoms with Crippen LogP contribution >= 0.6 is 12.2 Å². The highest BCUT2D eigenvalue weighted by atomic mass is 32.1. The Balaban J connectivity index is 1.84. The van der Waals surface area contributed by atoms with E-state index in [-0.39, 0.29) is 22.9 Å². The van der Waals surface area contributed by atoms with Gasteiger partial charge in [-0.1, -0.05) is 6.92 Å². The Morgan fingerprint density at radius 2 is 1.94 bits per heavy atom. The molecule has 2 aliphatic heterocycles. The number of alkyl halides is 3. The molecule has 13 heteroatoms. The standard InChI is InChI=1S/C21H21F4N5O3S/c1-2-29-9-3-4-13(29)10-30-15-14(17(32)27-19(30)34)20(18(33)26-15,21(23,24)25)28-16(31)11-5-7-12(22)8-6-11/h5-8,13H,2-4,9-10H2,1H3,(H,26,33)(H,28,31)(H,27,32,34). The van der Waals surface area contributed by atoms with E-state index in [1.807, 2.05) is 6.92 Å². The van der Waals surface area contributed by atoms with E-state index < -0.39 is 46.3 Å². The molecule has 0 aliphatic carbocycles. The van der Waals surface area contributed by atoms with E-state index in [1.165, 1.54) is 4.57 Å². The SMILES string of the molecule is CCN1CCCC1Cn1c2c(c(=O)[nH]c1=S)C(NC(=O)c1ccc(F)cc1)(C(F)(F)F)C(=O)N2. The van der Waals surface area contributed by atoms with Crippen molar-refractivity contribution in [2.75, 3.05) is 18.4 Å². The number of likely N-dealkylation sites (N-methyl/N-ethyl adjacent to an activating group) is 1. The number of benzene rings is 1. The first-order valence-electron chi connectivity index (χ1n) is 10.6. The summed E-state index contributed by atoms with van der Waals surface area (Å²) in [7, 11) is 0. The van der Waals surface area contributed by atoms with Gasteiger partial charge in [-0.15, -0.1) is 0 Å². The number of carbonyl (C=O) groups is 2. The van der Waals surface area contributed by atoms with E-state index in [4.69, 9.17) is 12.2 Å². The molecule has 1 aromatic heterocycles. The summed E-state index contributed by atoms with van der Waals surface area (Å²) in [5, 5.41) is 3.84. The van der Waals surface area contributed by atoms with Crippen LogP contribution in [0.3, 0.4) is 0 Å². The zero-order valence-corrected chi connectivity index (χ0v) is 18.8. The topological polar surface area (TPSA) is 99.2 Å². The molecule has 0 bridgehead atoms. The van der Waals surface area contributed by atoms with E-state index in [2.05, 4.69) is 15.2 Å². The molecule has 1 fully saturated rings. The number of anilines is 1. The molecular weight excluding hydrogens is 478 g/mol. The van der Waals surface area contributed by atoms with Crippen molar-refractivity contribution < 1.29 is 27.2 Å². The predicted octanol–water partition coefficient (Wildman–Crippen LogP) is 2.67. The lowest BCUT2D eigenvalue weighted by atomic mass is 9.91. The Morgan fingerprint density at radius 1 is 1.26 bits per heavy atom. The van der Waals surface area contributed by atoms with Crippen LogP contribution in [-0.2, 0) is 16.9 Å². The van der Waals surface area contributed by atoms with Crippen LogP contribution in [0.5, 0.6) is 0 Å². The van der Waals surface area contributed by atoms with Gasteiger partial charge < -0.3 is 15.2 Å². The van der Waals surface area contributed by atoms with Crippen LogP contribution in [0.2, 0.25) is 0 Å². The number of likely N-dealkylation sites (tertiary alicyclic amines) is 1. The summed E-state index contributed by atoms with van der Waals surface area (Å²) < 4.78 is 57.8. The molecule has 182 valence electrons. The van der Waals surface area contributed by atoms with Gasteiger partial charge in [-0.05, 0) is 62.4 Å². The summed E-state index contributed by atoms with van der Waals surface area (Å²) in [6.45, 7) is 3.63. The summed E-state index contributed by atoms with van der Waals surface area (Å²) in [5.41, 5.74) is -6.22. The number of carbonyl (C=O) groups excluding carboxylic acids is 2. The maximum absolute atomic E-state index is 14.5. The first kappa shape index (κ1) is 24.1. The Kier molecular flexibility index (Phi) is 6.10. The second-order valence-corrected chi connectivity index (χ2v) is 8.57. The lowest BCUT2D eigenvalue weighted by Gasteiger charge is -2.30. The van der Waals surface area contributed by atoms with Gasteiger partial charge in [0, 0.05) is 18.2 Å². The number of halogens is 4. The zero-order valence-electron chi connectivity index (χ0n) is 18.0. The number of aromatic nitrogens is 2. The van der Waals surface area contributed by atoms with Gasteiger partial charge >= 0.3 is 6.18 Å². The van der Waals surface area contributed by atoms with Crippen LogP contribution in [0.15, 0.2) is 29.1 Å². The molecule has 34 heavy (non-hydrogen) atoms. The summed E-state index contributed by atoms with van der Waals surface area (Å²) in [6.07, 6.45) is -3.72.